The van der Waals surface area contributed by atoms with E-state index in [1.54, 1.807) is 0 Å². The molecule has 34 heavy (non-hydrogen) atoms. The van der Waals surface area contributed by atoms with Crippen LogP contribution in [0.1, 0.15) is 80.1 Å². The molecule has 6 nitrogen and oxygen atoms in total. The minimum Gasteiger partial charge on any atom is -0.390 e. The number of aliphatic hydroxyl groups excluding tert-OH is 4. The van der Waals surface area contributed by atoms with Crippen LogP contribution < -0.4 is 0 Å². The second-order valence-corrected chi connectivity index (χ2v) is 12.9. The van der Waals surface area contributed by atoms with Gasteiger partial charge in [-0.25, -0.2) is 0 Å². The molecule has 0 aromatic carbocycles. The smallest absolute Gasteiger partial charge is 0.133 e. The van der Waals surface area contributed by atoms with E-state index in [1.165, 1.54) is 0 Å². The van der Waals surface area contributed by atoms with Gasteiger partial charge in [-0.1, -0.05) is 41.0 Å². The van der Waals surface area contributed by atoms with E-state index < -0.39 is 24.4 Å². The number of hydrogen-bond donors (Lipinski definition) is 4. The zero-order valence-electron chi connectivity index (χ0n) is 21.9. The van der Waals surface area contributed by atoms with Gasteiger partial charge in [0, 0.05) is 18.8 Å². The fourth-order valence-corrected chi connectivity index (χ4v) is 8.30. The van der Waals surface area contributed by atoms with Gasteiger partial charge >= 0.3 is 0 Å². The minimum absolute atomic E-state index is 0.0187. The van der Waals surface area contributed by atoms with Crippen molar-refractivity contribution in [2.75, 3.05) is 0 Å². The molecule has 0 radical (unpaired) electrons. The molecule has 1 saturated heterocycles. The molecule has 4 fully saturated rings. The van der Waals surface area contributed by atoms with Crippen LogP contribution in [0.5, 0.6) is 0 Å². The van der Waals surface area contributed by atoms with E-state index in [0.29, 0.717) is 19.3 Å². The highest BCUT2D eigenvalue weighted by Crippen LogP contribution is 2.61. The largest absolute Gasteiger partial charge is 0.390 e. The summed E-state index contributed by atoms with van der Waals surface area (Å²) >= 11 is 0. The Morgan fingerprint density at radius 1 is 0.971 bits per heavy atom. The van der Waals surface area contributed by atoms with E-state index in [0.717, 1.165) is 19.3 Å². The summed E-state index contributed by atoms with van der Waals surface area (Å²) in [6.07, 6.45) is 0.518. The Morgan fingerprint density at radius 2 is 1.62 bits per heavy atom. The molecule has 3 aliphatic carbocycles. The van der Waals surface area contributed by atoms with Gasteiger partial charge in [0.05, 0.1) is 36.6 Å². The van der Waals surface area contributed by atoms with Crippen molar-refractivity contribution in [1.29, 1.82) is 0 Å². The predicted octanol–water partition coefficient (Wildman–Crippen LogP) is 3.18. The number of hydrogen-bond acceptors (Lipinski definition) is 6. The lowest BCUT2D eigenvalue weighted by atomic mass is 9.51. The van der Waals surface area contributed by atoms with E-state index in [2.05, 4.69) is 27.7 Å². The number of ether oxygens (including phenoxy) is 1. The van der Waals surface area contributed by atoms with Crippen molar-refractivity contribution in [2.24, 2.45) is 52.8 Å². The third-order valence-electron chi connectivity index (χ3n) is 11.1. The Bertz CT molecular complexity index is 740. The first-order valence-electron chi connectivity index (χ1n) is 13.8. The molecule has 14 atom stereocenters. The van der Waals surface area contributed by atoms with Gasteiger partial charge in [0.15, 0.2) is 0 Å². The second kappa shape index (κ2) is 9.74. The third-order valence-corrected chi connectivity index (χ3v) is 11.1. The molecule has 0 aromatic heterocycles. The van der Waals surface area contributed by atoms with Crippen molar-refractivity contribution in [3.8, 4) is 0 Å². The number of carbonyl (C=O) groups is 1. The summed E-state index contributed by atoms with van der Waals surface area (Å²) in [6, 6.07) is 0. The maximum atomic E-state index is 12.7. The van der Waals surface area contributed by atoms with Gasteiger partial charge in [0.1, 0.15) is 5.78 Å². The molecule has 3 saturated carbocycles. The molecular formula is C28H48O6. The molecular weight excluding hydrogens is 432 g/mol. The Morgan fingerprint density at radius 3 is 2.26 bits per heavy atom. The van der Waals surface area contributed by atoms with Crippen LogP contribution in [0.25, 0.3) is 0 Å². The lowest BCUT2D eigenvalue weighted by Gasteiger charge is -2.54. The Balaban J connectivity index is 1.77. The van der Waals surface area contributed by atoms with E-state index in [4.69, 9.17) is 4.74 Å². The van der Waals surface area contributed by atoms with Gasteiger partial charge in [-0.2, -0.15) is 0 Å². The van der Waals surface area contributed by atoms with Crippen molar-refractivity contribution < 1.29 is 30.0 Å². The van der Waals surface area contributed by atoms with Crippen LogP contribution in [0.4, 0.5) is 0 Å². The summed E-state index contributed by atoms with van der Waals surface area (Å²) in [5.74, 6) is -0.103. The van der Waals surface area contributed by atoms with Crippen LogP contribution in [0.2, 0.25) is 0 Å². The van der Waals surface area contributed by atoms with Crippen molar-refractivity contribution in [3.63, 3.8) is 0 Å². The number of rotatable bonds is 5. The molecule has 6 heteroatoms. The molecule has 4 rings (SSSR count). The lowest BCUT2D eigenvalue weighted by Crippen LogP contribution is -2.59. The predicted molar refractivity (Wildman–Crippen MR) is 130 cm³/mol. The van der Waals surface area contributed by atoms with E-state index in [-0.39, 0.29) is 70.7 Å². The monoisotopic (exact) mass is 480 g/mol. The molecule has 196 valence electrons. The standard InChI is InChI=1S/C28H48O6/c1-13(2)14(3)23(30)24(31)15(4)27-21-18-8-7-9-19(18)25(32)26(33)22(21)20-12-17(29)10-11-28(20,6)16(5)34-27/h13-16,18-27,30-33H,7-12H2,1-6H3/t14-,15+,16+,18+,19?,20?,21?,22?,23-,24-,25-,26+,27+,28-/m1/s1. The fourth-order valence-electron chi connectivity index (χ4n) is 8.30. The van der Waals surface area contributed by atoms with Crippen LogP contribution in [0.3, 0.4) is 0 Å². The maximum absolute atomic E-state index is 12.7. The Kier molecular flexibility index (Phi) is 7.60. The van der Waals surface area contributed by atoms with Crippen molar-refractivity contribution in [2.45, 2.75) is 117 Å². The van der Waals surface area contributed by atoms with Crippen LogP contribution in [-0.2, 0) is 9.53 Å². The lowest BCUT2D eigenvalue weighted by molar-refractivity contribution is -0.180. The molecule has 4 N–H and O–H groups in total. The van der Waals surface area contributed by atoms with Gasteiger partial charge in [0.25, 0.3) is 0 Å². The van der Waals surface area contributed by atoms with Crippen LogP contribution in [0, 0.1) is 52.8 Å². The van der Waals surface area contributed by atoms with Crippen molar-refractivity contribution in [1.82, 2.24) is 0 Å². The van der Waals surface area contributed by atoms with Crippen LogP contribution in [0.15, 0.2) is 0 Å². The van der Waals surface area contributed by atoms with E-state index in [9.17, 15) is 25.2 Å². The van der Waals surface area contributed by atoms with Gasteiger partial charge in [0.2, 0.25) is 0 Å². The fraction of sp³-hybridized carbons (Fsp3) is 0.964. The first kappa shape index (κ1) is 26.5. The third kappa shape index (κ3) is 4.19. The molecule has 0 spiro atoms. The van der Waals surface area contributed by atoms with E-state index >= 15 is 0 Å². The zero-order chi connectivity index (χ0) is 25.1. The van der Waals surface area contributed by atoms with Crippen LogP contribution >= 0.6 is 0 Å². The Labute approximate surface area is 205 Å². The molecule has 4 aliphatic rings. The average Bonchev–Trinajstić information content (AvgIpc) is 3.26. The summed E-state index contributed by atoms with van der Waals surface area (Å²) in [5, 5.41) is 45.1. The van der Waals surface area contributed by atoms with Gasteiger partial charge in [-0.3, -0.25) is 4.79 Å². The average molecular weight is 481 g/mol. The summed E-state index contributed by atoms with van der Waals surface area (Å²) in [6.45, 7) is 12.3. The first-order chi connectivity index (χ1) is 15.9. The SMILES string of the molecule is CC(C)[C@@H](C)[C@@H](O)[C@H](O)[C@H](C)[C@@H]1O[C@@H](C)[C@@]2(C)CCC(=O)CC2C2C1[C@H]1CCCC1[C@@H](O)[C@H]2O. The summed E-state index contributed by atoms with van der Waals surface area (Å²) < 4.78 is 6.88. The number of ketones is 1. The van der Waals surface area contributed by atoms with Gasteiger partial charge in [-0.05, 0) is 73.0 Å². The molecule has 0 bridgehead atoms. The molecule has 1 heterocycles. The molecule has 1 aliphatic heterocycles. The summed E-state index contributed by atoms with van der Waals surface area (Å²) in [4.78, 5) is 12.7. The van der Waals surface area contributed by atoms with Crippen molar-refractivity contribution >= 4 is 5.78 Å². The molecule has 4 unspecified atom stereocenters. The highest BCUT2D eigenvalue weighted by molar-refractivity contribution is 5.79. The van der Waals surface area contributed by atoms with Gasteiger partial charge < -0.3 is 25.2 Å². The minimum atomic E-state index is -0.950. The molecule has 0 amide bonds. The normalized spacial score (nSPS) is 48.3. The number of carbonyl (C=O) groups excluding carboxylic acids is 1. The van der Waals surface area contributed by atoms with Crippen LogP contribution in [-0.4, -0.2) is 62.8 Å². The maximum Gasteiger partial charge on any atom is 0.133 e. The first-order valence-corrected chi connectivity index (χ1v) is 13.8. The Hall–Kier alpha value is -0.530. The quantitative estimate of drug-likeness (QED) is 0.481. The summed E-state index contributed by atoms with van der Waals surface area (Å²) in [7, 11) is 0. The highest BCUT2D eigenvalue weighted by Gasteiger charge is 2.63. The van der Waals surface area contributed by atoms with Crippen molar-refractivity contribution in [3.05, 3.63) is 0 Å². The van der Waals surface area contributed by atoms with Gasteiger partial charge in [-0.15, -0.1) is 0 Å². The summed E-state index contributed by atoms with van der Waals surface area (Å²) in [5.41, 5.74) is -0.285. The topological polar surface area (TPSA) is 107 Å². The number of Topliss-reactive ketones (excluding diaryl/α,β-unsaturated/α-hetero) is 1. The highest BCUT2D eigenvalue weighted by atomic mass is 16.5. The number of fused-ring (bicyclic) bond motifs is 5. The second-order valence-electron chi connectivity index (χ2n) is 12.9. The molecule has 0 aromatic rings. The van der Waals surface area contributed by atoms with E-state index in [1.807, 2.05) is 13.8 Å². The zero-order valence-corrected chi connectivity index (χ0v) is 21.9. The number of aliphatic hydroxyl groups is 4.